The molecule has 0 aromatic heterocycles. The highest BCUT2D eigenvalue weighted by Gasteiger charge is 2.40. The molecule has 3 rings (SSSR count). The van der Waals surface area contributed by atoms with Gasteiger partial charge in [0.25, 0.3) is 0 Å². The molecule has 0 N–H and O–H groups in total. The first-order valence-electron chi connectivity index (χ1n) is 9.56. The number of nitrogens with zero attached hydrogens (tertiary/aromatic N) is 2. The van der Waals surface area contributed by atoms with Crippen molar-refractivity contribution in [3.63, 3.8) is 0 Å². The summed E-state index contributed by atoms with van der Waals surface area (Å²) in [6.07, 6.45) is -2.15. The molecule has 2 aliphatic heterocycles. The number of carbonyl (C=O) groups excluding carboxylic acids is 1. The number of alkyl halides is 3. The second-order valence-electron chi connectivity index (χ2n) is 7.68. The van der Waals surface area contributed by atoms with Gasteiger partial charge >= 0.3 is 6.18 Å². The topological polar surface area (TPSA) is 57.7 Å². The highest BCUT2D eigenvalue weighted by Crippen LogP contribution is 2.36. The Balaban J connectivity index is 1.69. The number of hydrogen-bond acceptors (Lipinski definition) is 3. The van der Waals surface area contributed by atoms with Crippen LogP contribution in [0.3, 0.4) is 0 Å². The first-order valence-corrected chi connectivity index (χ1v) is 11.0. The zero-order chi connectivity index (χ0) is 20.5. The van der Waals surface area contributed by atoms with Gasteiger partial charge in [-0.05, 0) is 43.7 Å². The number of likely N-dealkylation sites (tertiary alicyclic amines) is 1. The number of amides is 1. The van der Waals surface area contributed by atoms with Gasteiger partial charge in [-0.1, -0.05) is 19.1 Å². The molecule has 1 aromatic carbocycles. The maximum atomic E-state index is 13.2. The number of benzene rings is 1. The maximum Gasteiger partial charge on any atom is 0.417 e. The van der Waals surface area contributed by atoms with Crippen molar-refractivity contribution in [1.29, 1.82) is 0 Å². The van der Waals surface area contributed by atoms with Crippen LogP contribution in [0.1, 0.15) is 38.2 Å². The van der Waals surface area contributed by atoms with Crippen LogP contribution in [0.5, 0.6) is 0 Å². The summed E-state index contributed by atoms with van der Waals surface area (Å²) in [7, 11) is -4.27. The molecule has 156 valence electrons. The molecule has 2 saturated heterocycles. The normalized spacial score (nSPS) is 21.1. The minimum atomic E-state index is -4.75. The Morgan fingerprint density at radius 1 is 1.00 bits per heavy atom. The number of halogens is 3. The molecule has 2 heterocycles. The number of rotatable bonds is 3. The van der Waals surface area contributed by atoms with E-state index in [4.69, 9.17) is 0 Å². The molecule has 1 amide bonds. The second-order valence-corrected chi connectivity index (χ2v) is 9.59. The third kappa shape index (κ3) is 4.35. The van der Waals surface area contributed by atoms with Crippen LogP contribution in [0.2, 0.25) is 0 Å². The lowest BCUT2D eigenvalue weighted by atomic mass is 9.93. The zero-order valence-corrected chi connectivity index (χ0v) is 16.6. The maximum absolute atomic E-state index is 13.2. The lowest BCUT2D eigenvalue weighted by molar-refractivity contribution is -0.140. The third-order valence-electron chi connectivity index (χ3n) is 5.71. The largest absolute Gasteiger partial charge is 0.417 e. The van der Waals surface area contributed by atoms with Crippen LogP contribution in [0.4, 0.5) is 13.2 Å². The first kappa shape index (κ1) is 21.1. The molecule has 0 unspecified atom stereocenters. The van der Waals surface area contributed by atoms with Crippen LogP contribution in [0.25, 0.3) is 0 Å². The van der Waals surface area contributed by atoms with E-state index >= 15 is 0 Å². The Morgan fingerprint density at radius 3 is 2.14 bits per heavy atom. The smallest absolute Gasteiger partial charge is 0.342 e. The molecule has 9 heteroatoms. The van der Waals surface area contributed by atoms with Gasteiger partial charge in [0.05, 0.1) is 10.5 Å². The molecule has 28 heavy (non-hydrogen) atoms. The van der Waals surface area contributed by atoms with Crippen molar-refractivity contribution in [2.75, 3.05) is 26.2 Å². The van der Waals surface area contributed by atoms with Crippen LogP contribution in [-0.4, -0.2) is 49.7 Å². The highest BCUT2D eigenvalue weighted by molar-refractivity contribution is 7.89. The van der Waals surface area contributed by atoms with Crippen molar-refractivity contribution in [3.05, 3.63) is 29.8 Å². The van der Waals surface area contributed by atoms with Crippen molar-refractivity contribution in [1.82, 2.24) is 9.21 Å². The molecule has 1 aromatic rings. The molecule has 0 atom stereocenters. The summed E-state index contributed by atoms with van der Waals surface area (Å²) in [5.74, 6) is 0.377. The predicted octanol–water partition coefficient (Wildman–Crippen LogP) is 3.36. The van der Waals surface area contributed by atoms with Crippen molar-refractivity contribution < 1.29 is 26.4 Å². The average molecular weight is 418 g/mol. The number of piperidine rings is 2. The van der Waals surface area contributed by atoms with E-state index in [1.165, 1.54) is 12.1 Å². The van der Waals surface area contributed by atoms with E-state index in [1.54, 1.807) is 0 Å². The van der Waals surface area contributed by atoms with Gasteiger partial charge in [-0.2, -0.15) is 17.5 Å². The van der Waals surface area contributed by atoms with E-state index in [1.807, 2.05) is 4.90 Å². The molecule has 5 nitrogen and oxygen atoms in total. The molecule has 0 bridgehead atoms. The summed E-state index contributed by atoms with van der Waals surface area (Å²) in [4.78, 5) is 13.8. The first-order chi connectivity index (χ1) is 13.1. The van der Waals surface area contributed by atoms with Crippen LogP contribution < -0.4 is 0 Å². The lowest BCUT2D eigenvalue weighted by Gasteiger charge is -2.36. The quantitative estimate of drug-likeness (QED) is 0.756. The van der Waals surface area contributed by atoms with Gasteiger partial charge in [-0.3, -0.25) is 4.79 Å². The highest BCUT2D eigenvalue weighted by atomic mass is 32.2. The summed E-state index contributed by atoms with van der Waals surface area (Å²) in [5.41, 5.74) is -1.16. The molecule has 0 saturated carbocycles. The fraction of sp³-hybridized carbons (Fsp3) is 0.632. The Kier molecular flexibility index (Phi) is 6.05. The second kappa shape index (κ2) is 8.02. The summed E-state index contributed by atoms with van der Waals surface area (Å²) in [6, 6.07) is 4.23. The fourth-order valence-corrected chi connectivity index (χ4v) is 5.58. The van der Waals surface area contributed by atoms with E-state index < -0.39 is 26.7 Å². The molecule has 0 spiro atoms. The van der Waals surface area contributed by atoms with E-state index in [2.05, 4.69) is 6.92 Å². The number of carbonyl (C=O) groups is 1. The van der Waals surface area contributed by atoms with Gasteiger partial charge in [0.1, 0.15) is 0 Å². The van der Waals surface area contributed by atoms with E-state index in [-0.39, 0.29) is 24.9 Å². The van der Waals surface area contributed by atoms with Crippen LogP contribution in [0, 0.1) is 11.8 Å². The van der Waals surface area contributed by atoms with E-state index in [0.29, 0.717) is 18.8 Å². The van der Waals surface area contributed by atoms with E-state index in [9.17, 15) is 26.4 Å². The van der Waals surface area contributed by atoms with Gasteiger partial charge in [-0.15, -0.1) is 0 Å². The van der Waals surface area contributed by atoms with Gasteiger partial charge < -0.3 is 4.90 Å². The van der Waals surface area contributed by atoms with Crippen LogP contribution in [-0.2, 0) is 21.0 Å². The molecule has 0 aliphatic carbocycles. The molecular formula is C19H25F3N2O3S. The van der Waals surface area contributed by atoms with Gasteiger partial charge in [0, 0.05) is 32.1 Å². The van der Waals surface area contributed by atoms with Crippen molar-refractivity contribution in [2.24, 2.45) is 11.8 Å². The fourth-order valence-electron chi connectivity index (χ4n) is 3.90. The molecule has 0 radical (unpaired) electrons. The van der Waals surface area contributed by atoms with Crippen molar-refractivity contribution in [2.45, 2.75) is 43.7 Å². The molecular weight excluding hydrogens is 393 g/mol. The van der Waals surface area contributed by atoms with Gasteiger partial charge in [0.2, 0.25) is 15.9 Å². The Hall–Kier alpha value is -1.61. The van der Waals surface area contributed by atoms with Gasteiger partial charge in [0.15, 0.2) is 0 Å². The SMILES string of the molecule is CC1CCN(C(=O)C2CCN(S(=O)(=O)c3ccccc3C(F)(F)F)CC2)CC1. The summed E-state index contributed by atoms with van der Waals surface area (Å²) >= 11 is 0. The minimum Gasteiger partial charge on any atom is -0.342 e. The summed E-state index contributed by atoms with van der Waals surface area (Å²) in [5, 5.41) is 0. The zero-order valence-electron chi connectivity index (χ0n) is 15.8. The van der Waals surface area contributed by atoms with Crippen molar-refractivity contribution >= 4 is 15.9 Å². The predicted molar refractivity (Wildman–Crippen MR) is 97.9 cm³/mol. The van der Waals surface area contributed by atoms with Crippen LogP contribution >= 0.6 is 0 Å². The van der Waals surface area contributed by atoms with E-state index in [0.717, 1.165) is 42.4 Å². The Labute approximate surface area is 163 Å². The summed E-state index contributed by atoms with van der Waals surface area (Å²) < 4.78 is 66.3. The third-order valence-corrected chi connectivity index (χ3v) is 7.67. The van der Waals surface area contributed by atoms with Gasteiger partial charge in [-0.25, -0.2) is 8.42 Å². The van der Waals surface area contributed by atoms with Crippen LogP contribution in [0.15, 0.2) is 29.2 Å². The number of hydrogen-bond donors (Lipinski definition) is 0. The molecule has 2 fully saturated rings. The number of sulfonamides is 1. The average Bonchev–Trinajstić information content (AvgIpc) is 2.67. The lowest BCUT2D eigenvalue weighted by Crippen LogP contribution is -2.46. The minimum absolute atomic E-state index is 0.0413. The van der Waals surface area contributed by atoms with Crippen molar-refractivity contribution in [3.8, 4) is 0 Å². The summed E-state index contributed by atoms with van der Waals surface area (Å²) in [6.45, 7) is 3.70. The Morgan fingerprint density at radius 2 is 1.57 bits per heavy atom. The monoisotopic (exact) mass is 418 g/mol. The Bertz CT molecular complexity index is 810. The molecule has 2 aliphatic rings. The standard InChI is InChI=1S/C19H25F3N2O3S/c1-14-6-10-23(11-7-14)18(25)15-8-12-24(13-9-15)28(26,27)17-5-3-2-4-16(17)19(20,21)22/h2-5,14-15H,6-13H2,1H3.